The van der Waals surface area contributed by atoms with E-state index in [2.05, 4.69) is 11.9 Å². The number of morpholine rings is 1. The second-order valence-corrected chi connectivity index (χ2v) is 6.66. The molecule has 120 valence electrons. The summed E-state index contributed by atoms with van der Waals surface area (Å²) >= 11 is 0. The number of hydrogen-bond donors (Lipinski definition) is 1. The number of rotatable bonds is 1. The highest BCUT2D eigenvalue weighted by Gasteiger charge is 2.45. The van der Waals surface area contributed by atoms with E-state index in [-0.39, 0.29) is 12.1 Å². The number of piperidine rings is 1. The predicted molar refractivity (Wildman–Crippen MR) is 81.3 cm³/mol. The lowest BCUT2D eigenvalue weighted by molar-refractivity contribution is -0.137. The molecule has 4 rings (SSSR count). The third-order valence-corrected chi connectivity index (χ3v) is 5.20. The summed E-state index contributed by atoms with van der Waals surface area (Å²) in [5, 5.41) is 11.3. The zero-order valence-electron chi connectivity index (χ0n) is 13.0. The molecule has 5 nitrogen and oxygen atoms in total. The Bertz CT molecular complexity index is 548. The molecule has 1 aromatic carbocycles. The molecule has 0 aromatic heterocycles. The zero-order chi connectivity index (χ0) is 15.2. The van der Waals surface area contributed by atoms with Crippen LogP contribution >= 0.6 is 0 Å². The van der Waals surface area contributed by atoms with Crippen LogP contribution in [0.2, 0.25) is 0 Å². The van der Waals surface area contributed by atoms with Gasteiger partial charge in [-0.15, -0.1) is 0 Å². The van der Waals surface area contributed by atoms with Crippen molar-refractivity contribution in [3.63, 3.8) is 0 Å². The topological polar surface area (TPSA) is 51.2 Å². The third-order valence-electron chi connectivity index (χ3n) is 5.20. The van der Waals surface area contributed by atoms with Crippen LogP contribution in [0.4, 0.5) is 0 Å². The summed E-state index contributed by atoms with van der Waals surface area (Å²) in [5.74, 6) is 1.53. The van der Waals surface area contributed by atoms with Crippen LogP contribution in [0.3, 0.4) is 0 Å². The van der Waals surface area contributed by atoms with Gasteiger partial charge in [-0.1, -0.05) is 6.07 Å². The van der Waals surface area contributed by atoms with E-state index in [4.69, 9.17) is 14.2 Å². The molecule has 2 atom stereocenters. The van der Waals surface area contributed by atoms with Crippen LogP contribution in [0.5, 0.6) is 11.5 Å². The smallest absolute Gasteiger partial charge is 0.161 e. The summed E-state index contributed by atoms with van der Waals surface area (Å²) in [4.78, 5) is 2.35. The normalized spacial score (nSPS) is 35.0. The monoisotopic (exact) mass is 305 g/mol. The van der Waals surface area contributed by atoms with Crippen LogP contribution < -0.4 is 9.47 Å². The summed E-state index contributed by atoms with van der Waals surface area (Å²) < 4.78 is 17.1. The van der Waals surface area contributed by atoms with E-state index in [9.17, 15) is 5.11 Å². The fourth-order valence-corrected chi connectivity index (χ4v) is 3.83. The van der Waals surface area contributed by atoms with Crippen molar-refractivity contribution in [3.8, 4) is 11.5 Å². The highest BCUT2D eigenvalue weighted by molar-refractivity contribution is 5.45. The van der Waals surface area contributed by atoms with Crippen LogP contribution in [0.15, 0.2) is 18.2 Å². The Morgan fingerprint density at radius 2 is 1.77 bits per heavy atom. The second kappa shape index (κ2) is 5.41. The van der Waals surface area contributed by atoms with Crippen molar-refractivity contribution in [1.82, 2.24) is 4.90 Å². The van der Waals surface area contributed by atoms with Crippen LogP contribution in [0.1, 0.15) is 24.8 Å². The van der Waals surface area contributed by atoms with Gasteiger partial charge in [0.15, 0.2) is 11.5 Å². The van der Waals surface area contributed by atoms with Gasteiger partial charge in [-0.05, 0) is 37.6 Å². The Kier molecular flexibility index (Phi) is 3.51. The first kappa shape index (κ1) is 14.3. The number of likely N-dealkylation sites (N-methyl/N-ethyl adjacent to an activating group) is 1. The Labute approximate surface area is 130 Å². The maximum atomic E-state index is 11.3. The van der Waals surface area contributed by atoms with Crippen molar-refractivity contribution in [3.05, 3.63) is 23.8 Å². The molecule has 22 heavy (non-hydrogen) atoms. The fourth-order valence-electron chi connectivity index (χ4n) is 3.83. The quantitative estimate of drug-likeness (QED) is 0.853. The van der Waals surface area contributed by atoms with E-state index in [1.54, 1.807) is 0 Å². The number of fused-ring (bicyclic) bond motifs is 3. The van der Waals surface area contributed by atoms with Crippen LogP contribution in [-0.2, 0) is 10.3 Å². The summed E-state index contributed by atoms with van der Waals surface area (Å²) in [6, 6.07) is 6.42. The minimum absolute atomic E-state index is 0.272. The fraction of sp³-hybridized carbons (Fsp3) is 0.647. The molecular formula is C17H23NO4. The molecule has 0 saturated carbocycles. The van der Waals surface area contributed by atoms with E-state index in [0.29, 0.717) is 39.3 Å². The Morgan fingerprint density at radius 3 is 2.50 bits per heavy atom. The molecule has 1 aromatic rings. The molecule has 2 bridgehead atoms. The highest BCUT2D eigenvalue weighted by atomic mass is 16.5. The van der Waals surface area contributed by atoms with Crippen molar-refractivity contribution in [2.75, 3.05) is 33.5 Å². The van der Waals surface area contributed by atoms with Crippen molar-refractivity contribution in [1.29, 1.82) is 0 Å². The average molecular weight is 305 g/mol. The van der Waals surface area contributed by atoms with Crippen LogP contribution in [0.25, 0.3) is 0 Å². The lowest BCUT2D eigenvalue weighted by Gasteiger charge is -2.50. The predicted octanol–water partition coefficient (Wildman–Crippen LogP) is 1.53. The molecule has 0 amide bonds. The van der Waals surface area contributed by atoms with Crippen molar-refractivity contribution < 1.29 is 19.3 Å². The number of ether oxygens (including phenoxy) is 3. The summed E-state index contributed by atoms with van der Waals surface area (Å²) in [6.45, 7) is 2.74. The van der Waals surface area contributed by atoms with E-state index in [0.717, 1.165) is 23.5 Å². The lowest BCUT2D eigenvalue weighted by atomic mass is 9.77. The summed E-state index contributed by atoms with van der Waals surface area (Å²) in [5.41, 5.74) is 0.123. The molecule has 2 unspecified atom stereocenters. The minimum Gasteiger partial charge on any atom is -0.490 e. The highest BCUT2D eigenvalue weighted by Crippen LogP contribution is 2.43. The van der Waals surface area contributed by atoms with E-state index in [1.165, 1.54) is 0 Å². The Balaban J connectivity index is 1.65. The SMILES string of the molecule is CN1C2COCC1CC(O)(c1ccc3c(c1)OCCCO3)C2. The number of hydrogen-bond acceptors (Lipinski definition) is 5. The Morgan fingerprint density at radius 1 is 1.09 bits per heavy atom. The third kappa shape index (κ3) is 2.37. The molecular weight excluding hydrogens is 282 g/mol. The first-order valence-corrected chi connectivity index (χ1v) is 8.08. The number of nitrogens with zero attached hydrogens (tertiary/aromatic N) is 1. The van der Waals surface area contributed by atoms with Gasteiger partial charge >= 0.3 is 0 Å². The molecule has 3 aliphatic rings. The first-order chi connectivity index (χ1) is 10.7. The molecule has 0 radical (unpaired) electrons. The van der Waals surface area contributed by atoms with Gasteiger partial charge in [-0.3, -0.25) is 4.90 Å². The van der Waals surface area contributed by atoms with Gasteiger partial charge in [0.25, 0.3) is 0 Å². The summed E-state index contributed by atoms with van der Waals surface area (Å²) in [7, 11) is 2.13. The van der Waals surface area contributed by atoms with E-state index < -0.39 is 5.60 Å². The second-order valence-electron chi connectivity index (χ2n) is 6.66. The number of aliphatic hydroxyl groups is 1. The van der Waals surface area contributed by atoms with Gasteiger partial charge < -0.3 is 19.3 Å². The standard InChI is InChI=1S/C17H23NO4/c1-18-13-8-17(19,9-14(18)11-20-10-13)12-3-4-15-16(7-12)22-6-2-5-21-15/h3-4,7,13-14,19H,2,5-6,8-11H2,1H3. The zero-order valence-corrected chi connectivity index (χ0v) is 13.0. The van der Waals surface area contributed by atoms with E-state index in [1.807, 2.05) is 18.2 Å². The Hall–Kier alpha value is -1.30. The molecule has 2 fully saturated rings. The summed E-state index contributed by atoms with van der Waals surface area (Å²) in [6.07, 6.45) is 2.28. The van der Waals surface area contributed by atoms with Gasteiger partial charge in [-0.25, -0.2) is 0 Å². The van der Waals surface area contributed by atoms with Crippen molar-refractivity contribution in [2.45, 2.75) is 36.9 Å². The van der Waals surface area contributed by atoms with E-state index >= 15 is 0 Å². The van der Waals surface area contributed by atoms with Crippen LogP contribution in [0, 0.1) is 0 Å². The minimum atomic E-state index is -0.809. The maximum Gasteiger partial charge on any atom is 0.161 e. The molecule has 2 saturated heterocycles. The largest absolute Gasteiger partial charge is 0.490 e. The molecule has 0 spiro atoms. The lowest BCUT2D eigenvalue weighted by Crippen LogP contribution is -2.59. The number of benzene rings is 1. The average Bonchev–Trinajstić information content (AvgIpc) is 2.73. The molecule has 0 aliphatic carbocycles. The molecule has 5 heteroatoms. The molecule has 3 heterocycles. The first-order valence-electron chi connectivity index (χ1n) is 8.08. The molecule has 1 N–H and O–H groups in total. The van der Waals surface area contributed by atoms with Crippen LogP contribution in [-0.4, -0.2) is 55.6 Å². The van der Waals surface area contributed by atoms with Gasteiger partial charge in [0.2, 0.25) is 0 Å². The van der Waals surface area contributed by atoms with Crippen molar-refractivity contribution >= 4 is 0 Å². The molecule has 3 aliphatic heterocycles. The van der Waals surface area contributed by atoms with Gasteiger partial charge in [0.1, 0.15) is 0 Å². The maximum absolute atomic E-state index is 11.3. The van der Waals surface area contributed by atoms with Gasteiger partial charge in [0, 0.05) is 18.5 Å². The van der Waals surface area contributed by atoms with Crippen molar-refractivity contribution in [2.24, 2.45) is 0 Å². The van der Waals surface area contributed by atoms with Gasteiger partial charge in [-0.2, -0.15) is 0 Å². The van der Waals surface area contributed by atoms with Gasteiger partial charge in [0.05, 0.1) is 32.0 Å².